The Morgan fingerprint density at radius 1 is 1.00 bits per heavy atom. The molecule has 3 aromatic carbocycles. The van der Waals surface area contributed by atoms with Crippen molar-refractivity contribution in [3.05, 3.63) is 106 Å². The van der Waals surface area contributed by atoms with Crippen molar-refractivity contribution in [1.29, 1.82) is 0 Å². The third kappa shape index (κ3) is 3.08. The van der Waals surface area contributed by atoms with Crippen molar-refractivity contribution in [3.63, 3.8) is 0 Å². The summed E-state index contributed by atoms with van der Waals surface area (Å²) in [7, 11) is 0. The predicted molar refractivity (Wildman–Crippen MR) is 115 cm³/mol. The van der Waals surface area contributed by atoms with E-state index in [1.807, 2.05) is 31.2 Å². The molecule has 1 aliphatic heterocycles. The average molecular weight is 415 g/mol. The van der Waals surface area contributed by atoms with Crippen LogP contribution in [0.3, 0.4) is 0 Å². The number of para-hydroxylation sites is 1. The van der Waals surface area contributed by atoms with Crippen molar-refractivity contribution in [2.75, 3.05) is 11.5 Å². The Balaban J connectivity index is 1.78. The van der Waals surface area contributed by atoms with E-state index in [1.54, 1.807) is 24.3 Å². The summed E-state index contributed by atoms with van der Waals surface area (Å²) in [4.78, 5) is 28.4. The molecule has 0 saturated heterocycles. The number of fused-ring (bicyclic) bond motifs is 2. The van der Waals surface area contributed by atoms with Crippen molar-refractivity contribution in [2.24, 2.45) is 0 Å². The number of nitrogens with zero attached hydrogens (tertiary/aromatic N) is 1. The lowest BCUT2D eigenvalue weighted by atomic mass is 9.98. The quantitative estimate of drug-likeness (QED) is 0.466. The van der Waals surface area contributed by atoms with Crippen LogP contribution >= 0.6 is 0 Å². The molecule has 0 N–H and O–H groups in total. The second-order valence-electron chi connectivity index (χ2n) is 7.23. The molecule has 0 fully saturated rings. The van der Waals surface area contributed by atoms with Crippen molar-refractivity contribution in [1.82, 2.24) is 0 Å². The highest BCUT2D eigenvalue weighted by molar-refractivity contribution is 6.10. The zero-order valence-electron chi connectivity index (χ0n) is 16.7. The van der Waals surface area contributed by atoms with Gasteiger partial charge in [-0.15, -0.1) is 0 Å². The van der Waals surface area contributed by atoms with E-state index in [0.717, 1.165) is 0 Å². The first-order chi connectivity index (χ1) is 15.1. The van der Waals surface area contributed by atoms with E-state index < -0.39 is 17.8 Å². The van der Waals surface area contributed by atoms with Gasteiger partial charge in [0.2, 0.25) is 5.76 Å². The van der Waals surface area contributed by atoms with E-state index in [4.69, 9.17) is 9.15 Å². The van der Waals surface area contributed by atoms with Crippen molar-refractivity contribution in [2.45, 2.75) is 13.0 Å². The van der Waals surface area contributed by atoms with Crippen LogP contribution in [0, 0.1) is 5.82 Å². The number of hydrogen-bond donors (Lipinski definition) is 0. The van der Waals surface area contributed by atoms with Gasteiger partial charge in [-0.05, 0) is 61.0 Å². The number of carbonyl (C=O) groups is 1. The van der Waals surface area contributed by atoms with E-state index >= 15 is 0 Å². The summed E-state index contributed by atoms with van der Waals surface area (Å²) in [6.45, 7) is 2.37. The van der Waals surface area contributed by atoms with Crippen LogP contribution < -0.4 is 15.1 Å². The Kier molecular flexibility index (Phi) is 4.55. The third-order valence-corrected chi connectivity index (χ3v) is 5.37. The molecule has 0 bridgehead atoms. The average Bonchev–Trinajstić information content (AvgIpc) is 3.08. The van der Waals surface area contributed by atoms with Crippen LogP contribution in [0.15, 0.2) is 82.0 Å². The number of rotatable bonds is 4. The summed E-state index contributed by atoms with van der Waals surface area (Å²) in [5, 5.41) is 0.404. The van der Waals surface area contributed by atoms with Gasteiger partial charge in [-0.2, -0.15) is 0 Å². The topological polar surface area (TPSA) is 59.8 Å². The molecular weight excluding hydrogens is 397 g/mol. The molecule has 154 valence electrons. The number of amides is 1. The Labute approximate surface area is 177 Å². The fourth-order valence-electron chi connectivity index (χ4n) is 4.04. The number of carbonyl (C=O) groups excluding carboxylic acids is 1. The number of halogens is 1. The van der Waals surface area contributed by atoms with Crippen LogP contribution in [-0.4, -0.2) is 12.5 Å². The number of ether oxygens (including phenoxy) is 1. The molecule has 0 saturated carbocycles. The first kappa shape index (κ1) is 19.1. The molecular formula is C25H18FNO4. The van der Waals surface area contributed by atoms with Gasteiger partial charge in [-0.3, -0.25) is 14.5 Å². The summed E-state index contributed by atoms with van der Waals surface area (Å²) < 4.78 is 25.1. The second-order valence-corrected chi connectivity index (χ2v) is 7.23. The molecule has 4 aromatic rings. The third-order valence-electron chi connectivity index (χ3n) is 5.37. The summed E-state index contributed by atoms with van der Waals surface area (Å²) in [6, 6.07) is 19.0. The van der Waals surface area contributed by atoms with Gasteiger partial charge in [-0.1, -0.05) is 24.3 Å². The molecule has 1 aliphatic rings. The largest absolute Gasteiger partial charge is 0.494 e. The molecule has 0 aliphatic carbocycles. The Hall–Kier alpha value is -3.93. The number of anilines is 1. The summed E-state index contributed by atoms with van der Waals surface area (Å²) in [5.74, 6) is -0.232. The van der Waals surface area contributed by atoms with Gasteiger partial charge in [-0.25, -0.2) is 4.39 Å². The zero-order chi connectivity index (χ0) is 21.5. The molecule has 0 spiro atoms. The van der Waals surface area contributed by atoms with E-state index in [-0.39, 0.29) is 16.8 Å². The minimum Gasteiger partial charge on any atom is -0.494 e. The van der Waals surface area contributed by atoms with E-state index in [1.165, 1.54) is 29.2 Å². The minimum absolute atomic E-state index is 0.000150. The van der Waals surface area contributed by atoms with Crippen LogP contribution in [0.5, 0.6) is 5.75 Å². The normalized spacial score (nSPS) is 15.4. The maximum atomic E-state index is 13.6. The van der Waals surface area contributed by atoms with Gasteiger partial charge >= 0.3 is 0 Å². The second kappa shape index (κ2) is 7.40. The highest BCUT2D eigenvalue weighted by Crippen LogP contribution is 2.41. The molecule has 5 nitrogen and oxygen atoms in total. The monoisotopic (exact) mass is 415 g/mol. The molecule has 2 heterocycles. The first-order valence-corrected chi connectivity index (χ1v) is 9.96. The van der Waals surface area contributed by atoms with Gasteiger partial charge < -0.3 is 9.15 Å². The minimum atomic E-state index is -0.728. The molecule has 1 amide bonds. The van der Waals surface area contributed by atoms with E-state index in [9.17, 15) is 14.0 Å². The van der Waals surface area contributed by atoms with E-state index in [2.05, 4.69) is 0 Å². The molecule has 0 radical (unpaired) electrons. The SMILES string of the molecule is CCOc1cccc(C2c3c(oc4ccccc4c3=O)C(=O)N2c2ccc(F)cc2)c1. The lowest BCUT2D eigenvalue weighted by molar-refractivity contribution is 0.0971. The maximum absolute atomic E-state index is 13.6. The van der Waals surface area contributed by atoms with Crippen LogP contribution in [0.1, 0.15) is 34.6 Å². The molecule has 1 unspecified atom stereocenters. The predicted octanol–water partition coefficient (Wildman–Crippen LogP) is 5.08. The van der Waals surface area contributed by atoms with Crippen molar-refractivity contribution >= 4 is 22.6 Å². The molecule has 5 rings (SSSR count). The lowest BCUT2D eigenvalue weighted by Crippen LogP contribution is -2.29. The smallest absolute Gasteiger partial charge is 0.295 e. The maximum Gasteiger partial charge on any atom is 0.295 e. The molecule has 1 atom stereocenters. The Morgan fingerprint density at radius 2 is 1.77 bits per heavy atom. The lowest BCUT2D eigenvalue weighted by Gasteiger charge is -2.25. The van der Waals surface area contributed by atoms with Crippen molar-refractivity contribution in [3.8, 4) is 5.75 Å². The fourth-order valence-corrected chi connectivity index (χ4v) is 4.04. The van der Waals surface area contributed by atoms with Crippen LogP contribution in [0.2, 0.25) is 0 Å². The highest BCUT2D eigenvalue weighted by Gasteiger charge is 2.43. The van der Waals surface area contributed by atoms with Crippen LogP contribution in [-0.2, 0) is 0 Å². The number of benzene rings is 3. The van der Waals surface area contributed by atoms with Gasteiger partial charge in [0.15, 0.2) is 5.43 Å². The molecule has 6 heteroatoms. The standard InChI is InChI=1S/C25H18FNO4/c1-2-30-18-7-5-6-15(14-18)22-21-23(28)19-8-3-4-9-20(19)31-24(21)25(29)27(22)17-12-10-16(26)11-13-17/h3-14,22H,2H2,1H3. The summed E-state index contributed by atoms with van der Waals surface area (Å²) in [5.41, 5.74) is 1.52. The van der Waals surface area contributed by atoms with Gasteiger partial charge in [0.1, 0.15) is 17.1 Å². The molecule has 31 heavy (non-hydrogen) atoms. The van der Waals surface area contributed by atoms with Crippen LogP contribution in [0.4, 0.5) is 10.1 Å². The Bertz CT molecular complexity index is 1360. The summed E-state index contributed by atoms with van der Waals surface area (Å²) in [6.07, 6.45) is 0. The van der Waals surface area contributed by atoms with E-state index in [0.29, 0.717) is 34.6 Å². The first-order valence-electron chi connectivity index (χ1n) is 9.96. The van der Waals surface area contributed by atoms with Crippen molar-refractivity contribution < 1.29 is 18.3 Å². The fraction of sp³-hybridized carbons (Fsp3) is 0.120. The highest BCUT2D eigenvalue weighted by atomic mass is 19.1. The molecule has 1 aromatic heterocycles. The van der Waals surface area contributed by atoms with Gasteiger partial charge in [0.25, 0.3) is 5.91 Å². The van der Waals surface area contributed by atoms with Gasteiger partial charge in [0.05, 0.1) is 23.6 Å². The Morgan fingerprint density at radius 3 is 2.55 bits per heavy atom. The summed E-state index contributed by atoms with van der Waals surface area (Å²) >= 11 is 0. The zero-order valence-corrected chi connectivity index (χ0v) is 16.7. The van der Waals surface area contributed by atoms with Gasteiger partial charge in [0, 0.05) is 5.69 Å². The number of hydrogen-bond acceptors (Lipinski definition) is 4. The van der Waals surface area contributed by atoms with Crippen LogP contribution in [0.25, 0.3) is 11.0 Å².